The van der Waals surface area contributed by atoms with E-state index < -0.39 is 6.10 Å². The fraction of sp³-hybridized carbons (Fsp3) is 0.357. The number of aliphatic hydroxyl groups is 1. The lowest BCUT2D eigenvalue weighted by Crippen LogP contribution is -2.49. The first-order chi connectivity index (χ1) is 17.0. The van der Waals surface area contributed by atoms with Crippen molar-refractivity contribution in [1.82, 2.24) is 14.9 Å². The van der Waals surface area contributed by atoms with Gasteiger partial charge < -0.3 is 14.7 Å². The van der Waals surface area contributed by atoms with Gasteiger partial charge in [0.05, 0.1) is 12.7 Å². The van der Waals surface area contributed by atoms with Crippen molar-refractivity contribution < 1.29 is 9.84 Å². The molecule has 1 fully saturated rings. The number of anilines is 1. The molecule has 1 atom stereocenters. The zero-order valence-corrected chi connectivity index (χ0v) is 20.8. The van der Waals surface area contributed by atoms with Crippen molar-refractivity contribution >= 4 is 17.4 Å². The lowest BCUT2D eigenvalue weighted by atomic mass is 10.0. The molecule has 4 rings (SSSR count). The third kappa shape index (κ3) is 6.59. The lowest BCUT2D eigenvalue weighted by molar-refractivity contribution is 0.0267. The van der Waals surface area contributed by atoms with E-state index in [0.717, 1.165) is 65.2 Å². The molecule has 2 aromatic carbocycles. The van der Waals surface area contributed by atoms with Gasteiger partial charge in [-0.25, -0.2) is 9.97 Å². The van der Waals surface area contributed by atoms with Gasteiger partial charge in [-0.3, -0.25) is 4.90 Å². The Labute approximate surface area is 212 Å². The van der Waals surface area contributed by atoms with Crippen molar-refractivity contribution in [2.75, 3.05) is 50.8 Å². The number of rotatable bonds is 9. The number of hydrogen-bond donors (Lipinski definition) is 1. The molecule has 1 unspecified atom stereocenters. The summed E-state index contributed by atoms with van der Waals surface area (Å²) in [6.07, 6.45) is 5.32. The Balaban J connectivity index is 1.56. The topological polar surface area (TPSA) is 61.7 Å². The molecular formula is C28H31ClN4O2. The van der Waals surface area contributed by atoms with E-state index in [1.54, 1.807) is 0 Å². The molecule has 0 amide bonds. The summed E-state index contributed by atoms with van der Waals surface area (Å²) in [6, 6.07) is 18.0. The quantitative estimate of drug-likeness (QED) is 0.363. The van der Waals surface area contributed by atoms with Crippen LogP contribution in [0.5, 0.6) is 0 Å². The van der Waals surface area contributed by atoms with Crippen molar-refractivity contribution in [2.24, 2.45) is 0 Å². The molecule has 1 aliphatic heterocycles. The Morgan fingerprint density at radius 2 is 1.77 bits per heavy atom. The van der Waals surface area contributed by atoms with Crippen molar-refractivity contribution in [3.05, 3.63) is 76.4 Å². The number of halogens is 1. The molecule has 182 valence electrons. The maximum absolute atomic E-state index is 10.3. The first-order valence-corrected chi connectivity index (χ1v) is 12.3. The lowest BCUT2D eigenvalue weighted by Gasteiger charge is -2.37. The van der Waals surface area contributed by atoms with Crippen LogP contribution in [0, 0.1) is 19.3 Å². The molecule has 35 heavy (non-hydrogen) atoms. The summed E-state index contributed by atoms with van der Waals surface area (Å²) in [6.45, 7) is 6.32. The number of benzene rings is 2. The first-order valence-electron chi connectivity index (χ1n) is 11.9. The van der Waals surface area contributed by atoms with E-state index >= 15 is 0 Å². The summed E-state index contributed by atoms with van der Waals surface area (Å²) >= 11 is 6.50. The maximum Gasteiger partial charge on any atom is 0.161 e. The number of ether oxygens (including phenoxy) is 1. The molecule has 1 aliphatic rings. The summed E-state index contributed by atoms with van der Waals surface area (Å²) in [5.74, 6) is 4.10. The van der Waals surface area contributed by atoms with E-state index in [9.17, 15) is 5.11 Å². The Bertz CT molecular complexity index is 1160. The predicted octanol–water partition coefficient (Wildman–Crippen LogP) is 3.83. The number of piperazine rings is 1. The molecule has 0 spiro atoms. The minimum Gasteiger partial charge on any atom is -0.389 e. The van der Waals surface area contributed by atoms with E-state index in [-0.39, 0.29) is 13.2 Å². The molecular weight excluding hydrogens is 460 g/mol. The number of aryl methyl sites for hydroxylation is 1. The summed E-state index contributed by atoms with van der Waals surface area (Å²) < 4.78 is 5.28. The Hall–Kier alpha value is -2.95. The molecule has 2 heterocycles. The van der Waals surface area contributed by atoms with Gasteiger partial charge in [-0.05, 0) is 18.6 Å². The third-order valence-electron chi connectivity index (χ3n) is 6.19. The standard InChI is InChI=1S/C28H31ClN4O2/c1-3-17-35-20-24(34)19-32-13-15-33(16-14-32)28-25(18-23-11-7-8-12-26(23)29)21(2)30-27(31-28)22-9-5-4-6-10-22/h1,4-12,24,34H,13-20H2,2H3. The minimum atomic E-state index is -0.559. The average Bonchev–Trinajstić information content (AvgIpc) is 2.87. The smallest absolute Gasteiger partial charge is 0.161 e. The second-order valence-electron chi connectivity index (χ2n) is 8.73. The van der Waals surface area contributed by atoms with Crippen LogP contribution in [-0.4, -0.2) is 72.0 Å². The van der Waals surface area contributed by atoms with Gasteiger partial charge in [0.1, 0.15) is 12.4 Å². The van der Waals surface area contributed by atoms with Crippen LogP contribution >= 0.6 is 11.6 Å². The molecule has 0 radical (unpaired) electrons. The summed E-state index contributed by atoms with van der Waals surface area (Å²) in [7, 11) is 0. The molecule has 7 heteroatoms. The Morgan fingerprint density at radius 3 is 2.49 bits per heavy atom. The number of aromatic nitrogens is 2. The van der Waals surface area contributed by atoms with Gasteiger partial charge in [0.2, 0.25) is 0 Å². The highest BCUT2D eigenvalue weighted by Crippen LogP contribution is 2.30. The SMILES string of the molecule is C#CCOCC(O)CN1CCN(c2nc(-c3ccccc3)nc(C)c2Cc2ccccc2Cl)CC1. The van der Waals surface area contributed by atoms with Crippen molar-refractivity contribution in [3.8, 4) is 23.7 Å². The third-order valence-corrected chi connectivity index (χ3v) is 6.55. The van der Waals surface area contributed by atoms with Crippen molar-refractivity contribution in [3.63, 3.8) is 0 Å². The number of β-amino-alcohol motifs (C(OH)–C–C–N with tert-alkyl or cyclic N) is 1. The van der Waals surface area contributed by atoms with Crippen LogP contribution in [0.25, 0.3) is 11.4 Å². The van der Waals surface area contributed by atoms with Crippen LogP contribution < -0.4 is 4.90 Å². The van der Waals surface area contributed by atoms with Gasteiger partial charge in [-0.15, -0.1) is 6.42 Å². The van der Waals surface area contributed by atoms with Gasteiger partial charge in [0, 0.05) is 61.0 Å². The van der Waals surface area contributed by atoms with Crippen LogP contribution in [0.1, 0.15) is 16.8 Å². The molecule has 3 aromatic rings. The van der Waals surface area contributed by atoms with Gasteiger partial charge in [-0.1, -0.05) is 66.1 Å². The molecule has 6 nitrogen and oxygen atoms in total. The van der Waals surface area contributed by atoms with E-state index in [2.05, 4.69) is 21.8 Å². The van der Waals surface area contributed by atoms with Gasteiger partial charge >= 0.3 is 0 Å². The normalized spacial score (nSPS) is 15.1. The fourth-order valence-corrected chi connectivity index (χ4v) is 4.55. The predicted molar refractivity (Wildman–Crippen MR) is 141 cm³/mol. The number of terminal acetylenes is 1. The molecule has 0 saturated carbocycles. The first kappa shape index (κ1) is 25.2. The number of nitrogens with zero attached hydrogens (tertiary/aromatic N) is 4. The second-order valence-corrected chi connectivity index (χ2v) is 9.14. The van der Waals surface area contributed by atoms with Gasteiger partial charge in [0.25, 0.3) is 0 Å². The number of aliphatic hydroxyl groups excluding tert-OH is 1. The van der Waals surface area contributed by atoms with Crippen LogP contribution in [0.15, 0.2) is 54.6 Å². The molecule has 0 aliphatic carbocycles. The van der Waals surface area contributed by atoms with Crippen LogP contribution in [0.4, 0.5) is 5.82 Å². The summed E-state index contributed by atoms with van der Waals surface area (Å²) in [5.41, 5.74) is 4.10. The highest BCUT2D eigenvalue weighted by molar-refractivity contribution is 6.31. The van der Waals surface area contributed by atoms with Gasteiger partial charge in [-0.2, -0.15) is 0 Å². The molecule has 0 bridgehead atoms. The summed E-state index contributed by atoms with van der Waals surface area (Å²) in [4.78, 5) is 14.5. The van der Waals surface area contributed by atoms with E-state index in [1.807, 2.05) is 55.5 Å². The van der Waals surface area contributed by atoms with Gasteiger partial charge in [0.15, 0.2) is 5.82 Å². The molecule has 1 N–H and O–H groups in total. The highest BCUT2D eigenvalue weighted by Gasteiger charge is 2.24. The van der Waals surface area contributed by atoms with E-state index in [0.29, 0.717) is 13.0 Å². The largest absolute Gasteiger partial charge is 0.389 e. The highest BCUT2D eigenvalue weighted by atomic mass is 35.5. The zero-order chi connectivity index (χ0) is 24.6. The van der Waals surface area contributed by atoms with Crippen LogP contribution in [-0.2, 0) is 11.2 Å². The Kier molecular flexibility index (Phi) is 8.73. The zero-order valence-electron chi connectivity index (χ0n) is 20.0. The average molecular weight is 491 g/mol. The molecule has 1 aromatic heterocycles. The maximum atomic E-state index is 10.3. The van der Waals surface area contributed by atoms with Crippen LogP contribution in [0.2, 0.25) is 5.02 Å². The molecule has 1 saturated heterocycles. The number of hydrogen-bond acceptors (Lipinski definition) is 6. The van der Waals surface area contributed by atoms with Crippen molar-refractivity contribution in [2.45, 2.75) is 19.4 Å². The van der Waals surface area contributed by atoms with E-state index in [4.69, 9.17) is 32.7 Å². The Morgan fingerprint density at radius 1 is 1.06 bits per heavy atom. The van der Waals surface area contributed by atoms with Crippen molar-refractivity contribution in [1.29, 1.82) is 0 Å². The second kappa shape index (κ2) is 12.1. The monoisotopic (exact) mass is 490 g/mol. The van der Waals surface area contributed by atoms with Crippen LogP contribution in [0.3, 0.4) is 0 Å². The summed E-state index contributed by atoms with van der Waals surface area (Å²) in [5, 5.41) is 11.0. The fourth-order valence-electron chi connectivity index (χ4n) is 4.34. The van der Waals surface area contributed by atoms with E-state index in [1.165, 1.54) is 0 Å². The minimum absolute atomic E-state index is 0.218.